The molecule has 1 amide bonds. The molecule has 1 fully saturated rings. The highest BCUT2D eigenvalue weighted by molar-refractivity contribution is 5.81. The summed E-state index contributed by atoms with van der Waals surface area (Å²) in [6.07, 6.45) is 2.14. The summed E-state index contributed by atoms with van der Waals surface area (Å²) in [5.41, 5.74) is 0. The van der Waals surface area contributed by atoms with Crippen molar-refractivity contribution >= 4 is 11.9 Å². The number of likely N-dealkylation sites (N-methyl/N-ethyl adjacent to an activating group) is 1. The SMILES string of the molecule is CCOC(=O)CC1CCC(C(=O)N(C)C)NC1. The lowest BCUT2D eigenvalue weighted by molar-refractivity contribution is -0.144. The van der Waals surface area contributed by atoms with E-state index in [9.17, 15) is 9.59 Å². The first-order valence-electron chi connectivity index (χ1n) is 6.14. The maximum atomic E-state index is 11.7. The second-order valence-corrected chi connectivity index (χ2v) is 4.65. The molecule has 98 valence electrons. The molecule has 0 aromatic rings. The number of hydrogen-bond donors (Lipinski definition) is 1. The first-order valence-corrected chi connectivity index (χ1v) is 6.14. The molecule has 2 unspecified atom stereocenters. The average molecular weight is 242 g/mol. The van der Waals surface area contributed by atoms with Crippen molar-refractivity contribution in [3.05, 3.63) is 0 Å². The molecule has 2 atom stereocenters. The number of rotatable bonds is 4. The Morgan fingerprint density at radius 1 is 1.35 bits per heavy atom. The number of amides is 1. The van der Waals surface area contributed by atoms with Crippen LogP contribution in [0.4, 0.5) is 0 Å². The van der Waals surface area contributed by atoms with E-state index in [-0.39, 0.29) is 17.9 Å². The van der Waals surface area contributed by atoms with Gasteiger partial charge in [0.2, 0.25) is 5.91 Å². The lowest BCUT2D eigenvalue weighted by atomic mass is 9.92. The molecule has 0 spiro atoms. The third-order valence-corrected chi connectivity index (χ3v) is 3.02. The Balaban J connectivity index is 2.31. The van der Waals surface area contributed by atoms with Crippen molar-refractivity contribution in [2.45, 2.75) is 32.2 Å². The summed E-state index contributed by atoms with van der Waals surface area (Å²) in [5.74, 6) is 0.261. The molecule has 5 nitrogen and oxygen atoms in total. The normalized spacial score (nSPS) is 24.2. The lowest BCUT2D eigenvalue weighted by Gasteiger charge is -2.30. The minimum Gasteiger partial charge on any atom is -0.466 e. The van der Waals surface area contributed by atoms with Gasteiger partial charge in [-0.2, -0.15) is 0 Å². The molecule has 5 heteroatoms. The van der Waals surface area contributed by atoms with Gasteiger partial charge in [-0.15, -0.1) is 0 Å². The molecule has 0 aliphatic carbocycles. The largest absolute Gasteiger partial charge is 0.466 e. The molecular formula is C12H22N2O3. The first kappa shape index (κ1) is 14.0. The fourth-order valence-electron chi connectivity index (χ4n) is 2.07. The number of hydrogen-bond acceptors (Lipinski definition) is 4. The molecule has 0 radical (unpaired) electrons. The molecular weight excluding hydrogens is 220 g/mol. The Morgan fingerprint density at radius 2 is 2.06 bits per heavy atom. The summed E-state index contributed by atoms with van der Waals surface area (Å²) in [4.78, 5) is 24.6. The van der Waals surface area contributed by atoms with Gasteiger partial charge in [-0.25, -0.2) is 0 Å². The minimum absolute atomic E-state index is 0.0940. The second-order valence-electron chi connectivity index (χ2n) is 4.65. The molecule has 0 aromatic carbocycles. The number of ether oxygens (including phenoxy) is 1. The van der Waals surface area contributed by atoms with Gasteiger partial charge in [0.05, 0.1) is 12.6 Å². The fraction of sp³-hybridized carbons (Fsp3) is 0.833. The third-order valence-electron chi connectivity index (χ3n) is 3.02. The zero-order valence-corrected chi connectivity index (χ0v) is 10.9. The summed E-state index contributed by atoms with van der Waals surface area (Å²) in [5, 5.41) is 3.20. The molecule has 1 heterocycles. The summed E-state index contributed by atoms with van der Waals surface area (Å²) >= 11 is 0. The van der Waals surface area contributed by atoms with Crippen molar-refractivity contribution < 1.29 is 14.3 Å². The molecule has 0 saturated carbocycles. The zero-order valence-electron chi connectivity index (χ0n) is 10.9. The van der Waals surface area contributed by atoms with Crippen LogP contribution in [0.2, 0.25) is 0 Å². The highest BCUT2D eigenvalue weighted by Gasteiger charge is 2.27. The van der Waals surface area contributed by atoms with E-state index in [2.05, 4.69) is 5.32 Å². The fourth-order valence-corrected chi connectivity index (χ4v) is 2.07. The molecule has 0 bridgehead atoms. The van der Waals surface area contributed by atoms with Gasteiger partial charge in [0.15, 0.2) is 0 Å². The van der Waals surface area contributed by atoms with Gasteiger partial charge in [-0.3, -0.25) is 9.59 Å². The molecule has 1 rings (SSSR count). The van der Waals surface area contributed by atoms with Gasteiger partial charge in [0, 0.05) is 20.5 Å². The summed E-state index contributed by atoms with van der Waals surface area (Å²) < 4.78 is 4.92. The quantitative estimate of drug-likeness (QED) is 0.725. The number of nitrogens with zero attached hydrogens (tertiary/aromatic N) is 1. The van der Waals surface area contributed by atoms with E-state index in [0.29, 0.717) is 25.5 Å². The van der Waals surface area contributed by atoms with Crippen molar-refractivity contribution in [3.8, 4) is 0 Å². The lowest BCUT2D eigenvalue weighted by Crippen LogP contribution is -2.48. The van der Waals surface area contributed by atoms with Gasteiger partial charge in [-0.05, 0) is 32.2 Å². The molecule has 17 heavy (non-hydrogen) atoms. The summed E-state index contributed by atoms with van der Waals surface area (Å²) in [7, 11) is 3.52. The topological polar surface area (TPSA) is 58.6 Å². The number of carbonyl (C=O) groups is 2. The van der Waals surface area contributed by atoms with E-state index in [1.54, 1.807) is 19.0 Å². The van der Waals surface area contributed by atoms with Gasteiger partial charge in [0.1, 0.15) is 0 Å². The van der Waals surface area contributed by atoms with Crippen LogP contribution in [0.3, 0.4) is 0 Å². The van der Waals surface area contributed by atoms with Crippen LogP contribution in [0.25, 0.3) is 0 Å². The monoisotopic (exact) mass is 242 g/mol. The number of piperidine rings is 1. The maximum Gasteiger partial charge on any atom is 0.306 e. The zero-order chi connectivity index (χ0) is 12.8. The van der Waals surface area contributed by atoms with Crippen LogP contribution >= 0.6 is 0 Å². The van der Waals surface area contributed by atoms with Gasteiger partial charge in [0.25, 0.3) is 0 Å². The van der Waals surface area contributed by atoms with Crippen LogP contribution in [-0.4, -0.2) is 50.1 Å². The Labute approximate surface area is 102 Å². The van der Waals surface area contributed by atoms with Crippen molar-refractivity contribution in [2.75, 3.05) is 27.2 Å². The van der Waals surface area contributed by atoms with Crippen LogP contribution in [0, 0.1) is 5.92 Å². The van der Waals surface area contributed by atoms with Gasteiger partial charge >= 0.3 is 5.97 Å². The smallest absolute Gasteiger partial charge is 0.306 e. The predicted molar refractivity (Wildman–Crippen MR) is 64.5 cm³/mol. The van der Waals surface area contributed by atoms with Crippen molar-refractivity contribution in [3.63, 3.8) is 0 Å². The second kappa shape index (κ2) is 6.59. The Morgan fingerprint density at radius 3 is 2.53 bits per heavy atom. The van der Waals surface area contributed by atoms with Crippen LogP contribution < -0.4 is 5.32 Å². The van der Waals surface area contributed by atoms with Crippen molar-refractivity contribution in [1.82, 2.24) is 10.2 Å². The molecule has 0 aromatic heterocycles. The van der Waals surface area contributed by atoms with Gasteiger partial charge < -0.3 is 15.0 Å². The molecule has 1 aliphatic heterocycles. The maximum absolute atomic E-state index is 11.7. The highest BCUT2D eigenvalue weighted by atomic mass is 16.5. The van der Waals surface area contributed by atoms with Crippen LogP contribution in [0.5, 0.6) is 0 Å². The summed E-state index contributed by atoms with van der Waals surface area (Å²) in [6, 6.07) is -0.0940. The van der Waals surface area contributed by atoms with Crippen LogP contribution in [0.1, 0.15) is 26.2 Å². The van der Waals surface area contributed by atoms with E-state index in [4.69, 9.17) is 4.74 Å². The van der Waals surface area contributed by atoms with E-state index in [0.717, 1.165) is 12.8 Å². The van der Waals surface area contributed by atoms with Crippen molar-refractivity contribution in [2.24, 2.45) is 5.92 Å². The average Bonchev–Trinajstić information content (AvgIpc) is 2.29. The summed E-state index contributed by atoms with van der Waals surface area (Å²) in [6.45, 7) is 2.95. The van der Waals surface area contributed by atoms with E-state index in [1.807, 2.05) is 6.92 Å². The third kappa shape index (κ3) is 4.34. The minimum atomic E-state index is -0.142. The van der Waals surface area contributed by atoms with Gasteiger partial charge in [-0.1, -0.05) is 0 Å². The Bertz CT molecular complexity index is 271. The standard InChI is InChI=1S/C12H22N2O3/c1-4-17-11(15)7-9-5-6-10(13-8-9)12(16)14(2)3/h9-10,13H,4-8H2,1-3H3. The van der Waals surface area contributed by atoms with Crippen LogP contribution in [-0.2, 0) is 14.3 Å². The van der Waals surface area contributed by atoms with E-state index >= 15 is 0 Å². The molecule has 1 aliphatic rings. The van der Waals surface area contributed by atoms with Crippen LogP contribution in [0.15, 0.2) is 0 Å². The number of carbonyl (C=O) groups excluding carboxylic acids is 2. The number of nitrogens with one attached hydrogen (secondary N) is 1. The highest BCUT2D eigenvalue weighted by Crippen LogP contribution is 2.18. The van der Waals surface area contributed by atoms with E-state index < -0.39 is 0 Å². The predicted octanol–water partition coefficient (Wildman–Crippen LogP) is 0.396. The Hall–Kier alpha value is -1.10. The first-order chi connectivity index (χ1) is 8.04. The number of esters is 1. The molecule has 1 saturated heterocycles. The van der Waals surface area contributed by atoms with E-state index in [1.165, 1.54) is 0 Å². The van der Waals surface area contributed by atoms with Crippen molar-refractivity contribution in [1.29, 1.82) is 0 Å². The molecule has 1 N–H and O–H groups in total. The Kier molecular flexibility index (Phi) is 5.41.